The fourth-order valence-electron chi connectivity index (χ4n) is 0.615. The van der Waals surface area contributed by atoms with Crippen LogP contribution < -0.4 is 4.68 Å². The Bertz CT molecular complexity index is 242. The Hall–Kier alpha value is -1.26. The lowest BCUT2D eigenvalue weighted by Gasteiger charge is -1.81. The molecule has 5 nitrogen and oxygen atoms in total. The quantitative estimate of drug-likeness (QED) is 0.480. The van der Waals surface area contributed by atoms with Crippen LogP contribution in [-0.4, -0.2) is 20.9 Å². The number of tetrazole rings is 1. The van der Waals surface area contributed by atoms with Crippen molar-refractivity contribution in [2.45, 2.75) is 13.5 Å². The monoisotopic (exact) mass is 141 g/mol. The molecule has 0 aromatic carbocycles. The second kappa shape index (κ2) is 2.55. The summed E-state index contributed by atoms with van der Waals surface area (Å²) in [6.07, 6.45) is 1.54. The Morgan fingerprint density at radius 2 is 2.50 bits per heavy atom. The van der Waals surface area contributed by atoms with Crippen molar-refractivity contribution in [3.63, 3.8) is 0 Å². The number of Topliss-reactive ketones (excluding diaryl/α,β-unsaturated/α-hetero) is 1. The molecule has 0 bridgehead atoms. The molecule has 1 heterocycles. The van der Waals surface area contributed by atoms with Crippen molar-refractivity contribution in [1.29, 1.82) is 0 Å². The molecule has 0 radical (unpaired) electrons. The van der Waals surface area contributed by atoms with Crippen LogP contribution in [0.2, 0.25) is 0 Å². The highest BCUT2D eigenvalue weighted by atomic mass is 16.1. The highest BCUT2D eigenvalue weighted by molar-refractivity contribution is 5.74. The van der Waals surface area contributed by atoms with E-state index in [1.54, 1.807) is 18.1 Å². The van der Waals surface area contributed by atoms with E-state index in [4.69, 9.17) is 0 Å². The first-order valence-corrected chi connectivity index (χ1v) is 2.94. The zero-order chi connectivity index (χ0) is 7.56. The molecule has 0 N–H and O–H groups in total. The number of ketones is 1. The van der Waals surface area contributed by atoms with Gasteiger partial charge in [-0.3, -0.25) is 4.79 Å². The molecule has 1 rings (SSSR count). The van der Waals surface area contributed by atoms with E-state index in [1.807, 2.05) is 0 Å². The summed E-state index contributed by atoms with van der Waals surface area (Å²) in [6, 6.07) is 0. The van der Waals surface area contributed by atoms with E-state index in [-0.39, 0.29) is 12.3 Å². The molecule has 0 saturated carbocycles. The first kappa shape index (κ1) is 6.85. The van der Waals surface area contributed by atoms with Gasteiger partial charge in [-0.2, -0.15) is 0 Å². The molecule has 0 aliphatic carbocycles. The van der Waals surface area contributed by atoms with Crippen LogP contribution in [0.25, 0.3) is 0 Å². The normalized spacial score (nSPS) is 9.80. The minimum absolute atomic E-state index is 0.0520. The minimum Gasteiger partial charge on any atom is -0.296 e. The summed E-state index contributed by atoms with van der Waals surface area (Å²) in [5, 5.41) is 7.66. The Balaban J connectivity index is 2.67. The SMILES string of the molecule is CC(=O)Cn1nc[n+](C)n1. The van der Waals surface area contributed by atoms with Gasteiger partial charge in [-0.1, -0.05) is 0 Å². The van der Waals surface area contributed by atoms with Gasteiger partial charge in [0.25, 0.3) is 6.33 Å². The molecule has 1 aromatic heterocycles. The van der Waals surface area contributed by atoms with E-state index in [9.17, 15) is 4.79 Å². The van der Waals surface area contributed by atoms with Gasteiger partial charge in [0, 0.05) is 0 Å². The largest absolute Gasteiger partial charge is 0.296 e. The second-order valence-corrected chi connectivity index (χ2v) is 2.13. The molecule has 0 atom stereocenters. The fourth-order valence-corrected chi connectivity index (χ4v) is 0.615. The summed E-state index contributed by atoms with van der Waals surface area (Å²) in [5.41, 5.74) is 0. The smallest absolute Gasteiger partial charge is 0.285 e. The molecule has 5 heteroatoms. The van der Waals surface area contributed by atoms with Gasteiger partial charge in [0.05, 0.1) is 17.4 Å². The summed E-state index contributed by atoms with van der Waals surface area (Å²) < 4.78 is 1.54. The van der Waals surface area contributed by atoms with Crippen molar-refractivity contribution in [3.8, 4) is 0 Å². The molecule has 0 aliphatic rings. The summed E-state index contributed by atoms with van der Waals surface area (Å²) in [6.45, 7) is 1.75. The minimum atomic E-state index is 0.0520. The highest BCUT2D eigenvalue weighted by Gasteiger charge is 2.05. The van der Waals surface area contributed by atoms with Gasteiger partial charge < -0.3 is 0 Å². The van der Waals surface area contributed by atoms with Crippen LogP contribution in [0.5, 0.6) is 0 Å². The molecular formula is C5H9N4O+. The van der Waals surface area contributed by atoms with Gasteiger partial charge >= 0.3 is 0 Å². The Kier molecular flexibility index (Phi) is 1.75. The van der Waals surface area contributed by atoms with E-state index < -0.39 is 0 Å². The Labute approximate surface area is 58.2 Å². The summed E-state index contributed by atoms with van der Waals surface area (Å²) in [7, 11) is 1.75. The van der Waals surface area contributed by atoms with Crippen molar-refractivity contribution < 1.29 is 9.48 Å². The lowest BCUT2D eigenvalue weighted by molar-refractivity contribution is -0.733. The molecule has 10 heavy (non-hydrogen) atoms. The van der Waals surface area contributed by atoms with Crippen molar-refractivity contribution in [2.24, 2.45) is 7.05 Å². The van der Waals surface area contributed by atoms with Crippen LogP contribution in [0.1, 0.15) is 6.92 Å². The number of aromatic nitrogens is 4. The molecule has 0 spiro atoms. The van der Waals surface area contributed by atoms with Crippen LogP contribution in [0, 0.1) is 0 Å². The first-order chi connectivity index (χ1) is 4.68. The average molecular weight is 141 g/mol. The van der Waals surface area contributed by atoms with Gasteiger partial charge in [0.2, 0.25) is 0 Å². The Morgan fingerprint density at radius 3 is 2.90 bits per heavy atom. The summed E-state index contributed by atoms with van der Waals surface area (Å²) in [5.74, 6) is 0.0520. The lowest BCUT2D eigenvalue weighted by Crippen LogP contribution is -2.30. The third-order valence-corrected chi connectivity index (χ3v) is 0.960. The van der Waals surface area contributed by atoms with E-state index in [1.165, 1.54) is 11.7 Å². The molecule has 0 aliphatic heterocycles. The lowest BCUT2D eigenvalue weighted by atomic mass is 10.5. The number of nitrogens with zero attached hydrogens (tertiary/aromatic N) is 4. The van der Waals surface area contributed by atoms with Gasteiger partial charge in [-0.25, -0.2) is 0 Å². The van der Waals surface area contributed by atoms with Crippen molar-refractivity contribution in [2.75, 3.05) is 0 Å². The zero-order valence-electron chi connectivity index (χ0n) is 5.98. The zero-order valence-corrected chi connectivity index (χ0v) is 5.98. The van der Waals surface area contributed by atoms with Crippen molar-refractivity contribution >= 4 is 5.78 Å². The number of rotatable bonds is 2. The number of carbonyl (C=O) groups is 1. The predicted molar refractivity (Wildman–Crippen MR) is 31.9 cm³/mol. The number of hydrogen-bond donors (Lipinski definition) is 0. The summed E-state index contributed by atoms with van der Waals surface area (Å²) >= 11 is 0. The van der Waals surface area contributed by atoms with Gasteiger partial charge in [-0.05, 0) is 11.7 Å². The first-order valence-electron chi connectivity index (χ1n) is 2.94. The van der Waals surface area contributed by atoms with Crippen LogP contribution in [0.15, 0.2) is 6.33 Å². The molecule has 54 valence electrons. The third-order valence-electron chi connectivity index (χ3n) is 0.960. The molecule has 0 saturated heterocycles. The highest BCUT2D eigenvalue weighted by Crippen LogP contribution is 1.74. The van der Waals surface area contributed by atoms with Crippen LogP contribution in [0.3, 0.4) is 0 Å². The van der Waals surface area contributed by atoms with E-state index in [2.05, 4.69) is 10.3 Å². The maximum atomic E-state index is 10.5. The maximum absolute atomic E-state index is 10.5. The number of carbonyl (C=O) groups excluding carboxylic acids is 1. The van der Waals surface area contributed by atoms with Gasteiger partial charge in [0.15, 0.2) is 12.3 Å². The molecule has 0 unspecified atom stereocenters. The average Bonchev–Trinajstić information content (AvgIpc) is 2.13. The van der Waals surface area contributed by atoms with Crippen molar-refractivity contribution in [1.82, 2.24) is 15.1 Å². The molecule has 0 fully saturated rings. The molecular weight excluding hydrogens is 132 g/mol. The van der Waals surface area contributed by atoms with E-state index in [0.29, 0.717) is 0 Å². The maximum Gasteiger partial charge on any atom is 0.285 e. The topological polar surface area (TPSA) is 51.7 Å². The third kappa shape index (κ3) is 1.61. The fraction of sp³-hybridized carbons (Fsp3) is 0.600. The molecule has 1 aromatic rings. The van der Waals surface area contributed by atoms with Gasteiger partial charge in [0.1, 0.15) is 0 Å². The number of hydrogen-bond acceptors (Lipinski definition) is 3. The van der Waals surface area contributed by atoms with E-state index >= 15 is 0 Å². The van der Waals surface area contributed by atoms with E-state index in [0.717, 1.165) is 0 Å². The molecule has 0 amide bonds. The summed E-state index contributed by atoms with van der Waals surface area (Å²) in [4.78, 5) is 11.9. The van der Waals surface area contributed by atoms with Gasteiger partial charge in [-0.15, -0.1) is 4.68 Å². The van der Waals surface area contributed by atoms with Crippen LogP contribution >= 0.6 is 0 Å². The van der Waals surface area contributed by atoms with Crippen LogP contribution in [0.4, 0.5) is 0 Å². The number of aryl methyl sites for hydroxylation is 1. The van der Waals surface area contributed by atoms with Crippen molar-refractivity contribution in [3.05, 3.63) is 6.33 Å². The standard InChI is InChI=1S/C5H9N4O/c1-5(10)3-9-6-4-8(2)7-9/h4H,3H2,1-2H3/q+1. The predicted octanol–water partition coefficient (Wildman–Crippen LogP) is -1.31. The Morgan fingerprint density at radius 1 is 1.80 bits per heavy atom. The van der Waals surface area contributed by atoms with Crippen LogP contribution in [-0.2, 0) is 18.4 Å². The second-order valence-electron chi connectivity index (χ2n) is 2.13.